The van der Waals surface area contributed by atoms with Crippen LogP contribution in [0.2, 0.25) is 0 Å². The van der Waals surface area contributed by atoms with Crippen LogP contribution in [0.25, 0.3) is 0 Å². The highest BCUT2D eigenvalue weighted by Crippen LogP contribution is 2.29. The highest BCUT2D eigenvalue weighted by Gasteiger charge is 2.27. The molecule has 0 unspecified atom stereocenters. The van der Waals surface area contributed by atoms with Gasteiger partial charge < -0.3 is 10.2 Å². The Kier molecular flexibility index (Phi) is 5.61. The molecule has 2 aromatic rings. The Balaban J connectivity index is 1.78. The molecule has 1 aliphatic rings. The number of nitro groups is 1. The van der Waals surface area contributed by atoms with Gasteiger partial charge in [-0.05, 0) is 24.3 Å². The average molecular weight is 404 g/mol. The molecule has 0 aromatic heterocycles. The highest BCUT2D eigenvalue weighted by molar-refractivity contribution is 7.88. The largest absolute Gasteiger partial charge is 0.350 e. The van der Waals surface area contributed by atoms with E-state index in [9.17, 15) is 23.3 Å². The Labute approximate surface area is 162 Å². The van der Waals surface area contributed by atoms with E-state index < -0.39 is 14.9 Å². The first-order valence-corrected chi connectivity index (χ1v) is 10.5. The van der Waals surface area contributed by atoms with Crippen LogP contribution in [0.4, 0.5) is 17.1 Å². The number of para-hydroxylation sites is 1. The summed E-state index contributed by atoms with van der Waals surface area (Å²) in [6.45, 7) is 0.897. The minimum absolute atomic E-state index is 0.193. The van der Waals surface area contributed by atoms with Gasteiger partial charge in [-0.25, -0.2) is 8.42 Å². The summed E-state index contributed by atoms with van der Waals surface area (Å²) in [7, 11) is -3.30. The van der Waals surface area contributed by atoms with Gasteiger partial charge in [0.2, 0.25) is 10.0 Å². The molecule has 1 amide bonds. The van der Waals surface area contributed by atoms with Gasteiger partial charge >= 0.3 is 0 Å². The number of rotatable bonds is 5. The van der Waals surface area contributed by atoms with Crippen molar-refractivity contribution < 1.29 is 18.1 Å². The number of amides is 1. The molecule has 1 aliphatic heterocycles. The van der Waals surface area contributed by atoms with Crippen LogP contribution in [0, 0.1) is 10.1 Å². The van der Waals surface area contributed by atoms with Crippen molar-refractivity contribution in [2.75, 3.05) is 37.8 Å². The van der Waals surface area contributed by atoms with Crippen molar-refractivity contribution in [2.24, 2.45) is 0 Å². The van der Waals surface area contributed by atoms with E-state index in [4.69, 9.17) is 0 Å². The maximum absolute atomic E-state index is 12.7. The molecule has 28 heavy (non-hydrogen) atoms. The Morgan fingerprint density at radius 1 is 1.07 bits per heavy atom. The zero-order valence-electron chi connectivity index (χ0n) is 15.2. The number of sulfonamides is 1. The van der Waals surface area contributed by atoms with E-state index in [1.54, 1.807) is 12.1 Å². The third-order valence-electron chi connectivity index (χ3n) is 4.49. The third kappa shape index (κ3) is 4.46. The van der Waals surface area contributed by atoms with Crippen LogP contribution in [0.3, 0.4) is 0 Å². The first-order chi connectivity index (χ1) is 13.3. The van der Waals surface area contributed by atoms with Crippen molar-refractivity contribution in [3.05, 3.63) is 64.2 Å². The SMILES string of the molecule is CS(=O)(=O)N1CCN(C(=O)c2ccc(Nc3ccccc3)c([N+](=O)[O-])c2)CC1. The number of piperazine rings is 1. The smallest absolute Gasteiger partial charge is 0.293 e. The lowest BCUT2D eigenvalue weighted by molar-refractivity contribution is -0.383. The third-order valence-corrected chi connectivity index (χ3v) is 5.79. The van der Waals surface area contributed by atoms with Crippen LogP contribution >= 0.6 is 0 Å². The molecule has 148 valence electrons. The summed E-state index contributed by atoms with van der Waals surface area (Å²) in [6.07, 6.45) is 1.13. The van der Waals surface area contributed by atoms with Crippen LogP contribution < -0.4 is 5.32 Å². The van der Waals surface area contributed by atoms with E-state index in [2.05, 4.69) is 5.32 Å². The lowest BCUT2D eigenvalue weighted by Crippen LogP contribution is -2.50. The number of hydrogen-bond donors (Lipinski definition) is 1. The predicted octanol–water partition coefficient (Wildman–Crippen LogP) is 2.06. The quantitative estimate of drug-likeness (QED) is 0.603. The maximum Gasteiger partial charge on any atom is 0.293 e. The van der Waals surface area contributed by atoms with Crippen molar-refractivity contribution in [3.63, 3.8) is 0 Å². The standard InChI is InChI=1S/C18H20N4O5S/c1-28(26,27)21-11-9-20(10-12-21)18(23)14-7-8-16(17(13-14)22(24)25)19-15-5-3-2-4-6-15/h2-8,13,19H,9-12H2,1H3. The van der Waals surface area contributed by atoms with Crippen molar-refractivity contribution in [2.45, 2.75) is 0 Å². The number of nitrogens with one attached hydrogen (secondary N) is 1. The molecule has 1 N–H and O–H groups in total. The van der Waals surface area contributed by atoms with Gasteiger partial charge in [0.1, 0.15) is 5.69 Å². The van der Waals surface area contributed by atoms with Gasteiger partial charge in [0.15, 0.2) is 0 Å². The summed E-state index contributed by atoms with van der Waals surface area (Å²) in [6, 6.07) is 13.3. The van der Waals surface area contributed by atoms with Crippen LogP contribution in [-0.2, 0) is 10.0 Å². The molecule has 3 rings (SSSR count). The lowest BCUT2D eigenvalue weighted by Gasteiger charge is -2.33. The molecule has 1 heterocycles. The molecule has 1 saturated heterocycles. The molecular formula is C18H20N4O5S. The van der Waals surface area contributed by atoms with E-state index in [1.165, 1.54) is 27.4 Å². The monoisotopic (exact) mass is 404 g/mol. The number of benzene rings is 2. The number of carbonyl (C=O) groups is 1. The topological polar surface area (TPSA) is 113 Å². The van der Waals surface area contributed by atoms with Crippen molar-refractivity contribution in [1.29, 1.82) is 0 Å². The fraction of sp³-hybridized carbons (Fsp3) is 0.278. The fourth-order valence-corrected chi connectivity index (χ4v) is 3.83. The highest BCUT2D eigenvalue weighted by atomic mass is 32.2. The first kappa shape index (κ1) is 19.8. The summed E-state index contributed by atoms with van der Waals surface area (Å²) in [5.74, 6) is -0.359. The van der Waals surface area contributed by atoms with E-state index >= 15 is 0 Å². The Morgan fingerprint density at radius 2 is 1.71 bits per heavy atom. The molecule has 0 aliphatic carbocycles. The van der Waals surface area contributed by atoms with Gasteiger partial charge in [0, 0.05) is 43.5 Å². The van der Waals surface area contributed by atoms with Gasteiger partial charge in [-0.3, -0.25) is 14.9 Å². The number of carbonyl (C=O) groups excluding carboxylic acids is 1. The minimum Gasteiger partial charge on any atom is -0.350 e. The summed E-state index contributed by atoms with van der Waals surface area (Å²) in [5.41, 5.74) is 0.971. The predicted molar refractivity (Wildman–Crippen MR) is 105 cm³/mol. The minimum atomic E-state index is -3.30. The Bertz CT molecular complexity index is 986. The van der Waals surface area contributed by atoms with E-state index in [-0.39, 0.29) is 49.0 Å². The zero-order valence-corrected chi connectivity index (χ0v) is 16.1. The molecule has 0 spiro atoms. The molecule has 0 bridgehead atoms. The normalized spacial score (nSPS) is 15.2. The molecule has 2 aromatic carbocycles. The number of nitrogens with zero attached hydrogens (tertiary/aromatic N) is 3. The zero-order chi connectivity index (χ0) is 20.3. The molecule has 0 radical (unpaired) electrons. The first-order valence-electron chi connectivity index (χ1n) is 8.60. The number of anilines is 2. The second-order valence-corrected chi connectivity index (χ2v) is 8.42. The second-order valence-electron chi connectivity index (χ2n) is 6.43. The van der Waals surface area contributed by atoms with Crippen LogP contribution in [0.5, 0.6) is 0 Å². The van der Waals surface area contributed by atoms with E-state index in [0.29, 0.717) is 5.69 Å². The second kappa shape index (κ2) is 7.95. The molecule has 1 fully saturated rings. The Hall–Kier alpha value is -2.98. The van der Waals surface area contributed by atoms with Crippen LogP contribution in [0.15, 0.2) is 48.5 Å². The lowest BCUT2D eigenvalue weighted by atomic mass is 10.1. The molecule has 0 saturated carbocycles. The van der Waals surface area contributed by atoms with Crippen LogP contribution in [0.1, 0.15) is 10.4 Å². The summed E-state index contributed by atoms with van der Waals surface area (Å²) >= 11 is 0. The fourth-order valence-electron chi connectivity index (χ4n) is 3.00. The van der Waals surface area contributed by atoms with E-state index in [0.717, 1.165) is 6.26 Å². The average Bonchev–Trinajstić information content (AvgIpc) is 2.68. The molecule has 0 atom stereocenters. The molecule has 10 heteroatoms. The number of nitro benzene ring substituents is 1. The Morgan fingerprint density at radius 3 is 2.29 bits per heavy atom. The van der Waals surface area contributed by atoms with Crippen LogP contribution in [-0.4, -0.2) is 60.9 Å². The summed E-state index contributed by atoms with van der Waals surface area (Å²) in [5, 5.41) is 14.5. The van der Waals surface area contributed by atoms with E-state index in [1.807, 2.05) is 18.2 Å². The van der Waals surface area contributed by atoms with Gasteiger partial charge in [-0.15, -0.1) is 0 Å². The van der Waals surface area contributed by atoms with Crippen molar-refractivity contribution >= 4 is 33.0 Å². The van der Waals surface area contributed by atoms with Crippen molar-refractivity contribution in [3.8, 4) is 0 Å². The van der Waals surface area contributed by atoms with Gasteiger partial charge in [0.25, 0.3) is 11.6 Å². The van der Waals surface area contributed by atoms with Crippen molar-refractivity contribution in [1.82, 2.24) is 9.21 Å². The molecule has 9 nitrogen and oxygen atoms in total. The number of hydrogen-bond acceptors (Lipinski definition) is 6. The maximum atomic E-state index is 12.7. The van der Waals surface area contributed by atoms with Gasteiger partial charge in [-0.2, -0.15) is 4.31 Å². The van der Waals surface area contributed by atoms with Gasteiger partial charge in [-0.1, -0.05) is 18.2 Å². The van der Waals surface area contributed by atoms with Gasteiger partial charge in [0.05, 0.1) is 11.2 Å². The molecular weight excluding hydrogens is 384 g/mol. The summed E-state index contributed by atoms with van der Waals surface area (Å²) < 4.78 is 24.5. The summed E-state index contributed by atoms with van der Waals surface area (Å²) in [4.78, 5) is 25.2.